The van der Waals surface area contributed by atoms with Crippen LogP contribution in [0.5, 0.6) is 0 Å². The minimum absolute atomic E-state index is 0.522. The van der Waals surface area contributed by atoms with Gasteiger partial charge in [-0.1, -0.05) is 31.2 Å². The number of hydrogen-bond donors (Lipinski definition) is 1. The maximum Gasteiger partial charge on any atom is 0.0623 e. The van der Waals surface area contributed by atoms with Crippen LogP contribution in [0, 0.1) is 12.8 Å². The number of nitrogens with one attached hydrogen (secondary N) is 1. The summed E-state index contributed by atoms with van der Waals surface area (Å²) in [6.45, 7) is 9.35. The molecule has 0 spiro atoms. The monoisotopic (exact) mass is 276 g/mol. The number of ether oxygens (including phenoxy) is 1. The second-order valence-corrected chi connectivity index (χ2v) is 5.98. The summed E-state index contributed by atoms with van der Waals surface area (Å²) in [7, 11) is 2.21. The molecule has 0 aliphatic carbocycles. The molecule has 2 atom stereocenters. The first-order valence-corrected chi connectivity index (χ1v) is 7.75. The van der Waals surface area contributed by atoms with Gasteiger partial charge in [0.05, 0.1) is 13.2 Å². The van der Waals surface area contributed by atoms with Crippen LogP contribution in [-0.4, -0.2) is 44.3 Å². The van der Waals surface area contributed by atoms with E-state index >= 15 is 0 Å². The molecule has 0 aromatic heterocycles. The third kappa shape index (κ3) is 4.30. The molecular weight excluding hydrogens is 248 g/mol. The summed E-state index contributed by atoms with van der Waals surface area (Å²) in [4.78, 5) is 2.42. The van der Waals surface area contributed by atoms with Crippen LogP contribution in [-0.2, 0) is 11.3 Å². The highest BCUT2D eigenvalue weighted by Crippen LogP contribution is 2.17. The highest BCUT2D eigenvalue weighted by Gasteiger charge is 2.28. The molecule has 1 heterocycles. The van der Waals surface area contributed by atoms with E-state index in [1.807, 2.05) is 0 Å². The molecule has 1 aliphatic rings. The molecule has 1 N–H and O–H groups in total. The van der Waals surface area contributed by atoms with Crippen molar-refractivity contribution in [2.45, 2.75) is 32.9 Å². The molecule has 0 saturated carbocycles. The van der Waals surface area contributed by atoms with E-state index in [9.17, 15) is 0 Å². The van der Waals surface area contributed by atoms with Gasteiger partial charge in [0, 0.05) is 25.0 Å². The highest BCUT2D eigenvalue weighted by molar-refractivity contribution is 5.25. The Morgan fingerprint density at radius 3 is 2.85 bits per heavy atom. The van der Waals surface area contributed by atoms with Gasteiger partial charge >= 0.3 is 0 Å². The maximum absolute atomic E-state index is 5.65. The molecule has 1 aromatic carbocycles. The summed E-state index contributed by atoms with van der Waals surface area (Å²) in [6.07, 6.45) is 1.18. The van der Waals surface area contributed by atoms with E-state index < -0.39 is 0 Å². The fourth-order valence-electron chi connectivity index (χ4n) is 2.88. The van der Waals surface area contributed by atoms with E-state index in [0.717, 1.165) is 32.8 Å². The first-order valence-electron chi connectivity index (χ1n) is 7.75. The Bertz CT molecular complexity index is 408. The number of benzene rings is 1. The standard InChI is InChI=1S/C17H28N2O/c1-4-9-18-17-13-20-12-16(17)11-19(3)10-15-8-6-5-7-14(15)2/h5-8,16-18H,4,9-13H2,1-3H3. The molecule has 20 heavy (non-hydrogen) atoms. The van der Waals surface area contributed by atoms with Crippen molar-refractivity contribution in [2.24, 2.45) is 5.92 Å². The van der Waals surface area contributed by atoms with Gasteiger partial charge in [0.2, 0.25) is 0 Å². The molecule has 0 bridgehead atoms. The molecule has 1 aliphatic heterocycles. The Morgan fingerprint density at radius 1 is 1.30 bits per heavy atom. The molecule has 1 saturated heterocycles. The number of rotatable bonds is 7. The van der Waals surface area contributed by atoms with Crippen LogP contribution in [0.15, 0.2) is 24.3 Å². The molecule has 112 valence electrons. The lowest BCUT2D eigenvalue weighted by Crippen LogP contribution is -2.41. The smallest absolute Gasteiger partial charge is 0.0623 e. The van der Waals surface area contributed by atoms with E-state index in [0.29, 0.717) is 12.0 Å². The van der Waals surface area contributed by atoms with Gasteiger partial charge in [0.25, 0.3) is 0 Å². The second kappa shape index (κ2) is 7.77. The topological polar surface area (TPSA) is 24.5 Å². The van der Waals surface area contributed by atoms with Crippen molar-refractivity contribution in [1.29, 1.82) is 0 Å². The van der Waals surface area contributed by atoms with E-state index in [2.05, 4.69) is 55.4 Å². The van der Waals surface area contributed by atoms with Crippen LogP contribution >= 0.6 is 0 Å². The first kappa shape index (κ1) is 15.5. The molecule has 1 aromatic rings. The molecular formula is C17H28N2O. The van der Waals surface area contributed by atoms with Crippen LogP contribution in [0.4, 0.5) is 0 Å². The fraction of sp³-hybridized carbons (Fsp3) is 0.647. The lowest BCUT2D eigenvalue weighted by molar-refractivity contribution is 0.172. The van der Waals surface area contributed by atoms with Crippen molar-refractivity contribution in [3.63, 3.8) is 0 Å². The third-order valence-electron chi connectivity index (χ3n) is 4.10. The van der Waals surface area contributed by atoms with Crippen molar-refractivity contribution in [3.05, 3.63) is 35.4 Å². The van der Waals surface area contributed by atoms with Gasteiger partial charge in [0.15, 0.2) is 0 Å². The van der Waals surface area contributed by atoms with E-state index in [-0.39, 0.29) is 0 Å². The van der Waals surface area contributed by atoms with Crippen LogP contribution in [0.3, 0.4) is 0 Å². The van der Waals surface area contributed by atoms with Crippen molar-refractivity contribution < 1.29 is 4.74 Å². The van der Waals surface area contributed by atoms with Gasteiger partial charge in [-0.15, -0.1) is 0 Å². The van der Waals surface area contributed by atoms with Gasteiger partial charge in [0.1, 0.15) is 0 Å². The van der Waals surface area contributed by atoms with E-state index in [4.69, 9.17) is 4.74 Å². The summed E-state index contributed by atoms with van der Waals surface area (Å²) >= 11 is 0. The molecule has 2 unspecified atom stereocenters. The molecule has 3 nitrogen and oxygen atoms in total. The molecule has 1 fully saturated rings. The minimum Gasteiger partial charge on any atom is -0.379 e. The predicted molar refractivity (Wildman–Crippen MR) is 83.9 cm³/mol. The normalized spacial score (nSPS) is 22.6. The average molecular weight is 276 g/mol. The average Bonchev–Trinajstić information content (AvgIpc) is 2.86. The van der Waals surface area contributed by atoms with Crippen molar-refractivity contribution in [3.8, 4) is 0 Å². The van der Waals surface area contributed by atoms with Gasteiger partial charge in [-0.2, -0.15) is 0 Å². The van der Waals surface area contributed by atoms with Crippen LogP contribution < -0.4 is 5.32 Å². The van der Waals surface area contributed by atoms with Crippen LogP contribution in [0.2, 0.25) is 0 Å². The fourth-order valence-corrected chi connectivity index (χ4v) is 2.88. The Hall–Kier alpha value is -0.900. The maximum atomic E-state index is 5.65. The SMILES string of the molecule is CCCNC1COCC1CN(C)Cc1ccccc1C. The van der Waals surface area contributed by atoms with E-state index in [1.165, 1.54) is 17.5 Å². The molecule has 0 radical (unpaired) electrons. The Labute approximate surface area is 123 Å². The Balaban J connectivity index is 1.84. The lowest BCUT2D eigenvalue weighted by Gasteiger charge is -2.25. The third-order valence-corrected chi connectivity index (χ3v) is 4.10. The minimum atomic E-state index is 0.522. The second-order valence-electron chi connectivity index (χ2n) is 5.98. The van der Waals surface area contributed by atoms with Crippen LogP contribution in [0.25, 0.3) is 0 Å². The summed E-state index contributed by atoms with van der Waals surface area (Å²) in [5.41, 5.74) is 2.80. The zero-order valence-electron chi connectivity index (χ0n) is 13.1. The molecule has 2 rings (SSSR count). The van der Waals surface area contributed by atoms with Gasteiger partial charge < -0.3 is 15.0 Å². The number of nitrogens with zero attached hydrogens (tertiary/aromatic N) is 1. The molecule has 3 heteroatoms. The lowest BCUT2D eigenvalue weighted by atomic mass is 10.0. The number of hydrogen-bond acceptors (Lipinski definition) is 3. The van der Waals surface area contributed by atoms with E-state index in [1.54, 1.807) is 0 Å². The molecule has 0 amide bonds. The van der Waals surface area contributed by atoms with Gasteiger partial charge in [-0.25, -0.2) is 0 Å². The summed E-state index contributed by atoms with van der Waals surface area (Å²) in [6, 6.07) is 9.17. The predicted octanol–water partition coefficient (Wildman–Crippen LogP) is 2.44. The van der Waals surface area contributed by atoms with Crippen LogP contribution in [0.1, 0.15) is 24.5 Å². The summed E-state index contributed by atoms with van der Waals surface area (Å²) in [5, 5.41) is 3.61. The first-order chi connectivity index (χ1) is 9.70. The zero-order chi connectivity index (χ0) is 14.4. The van der Waals surface area contributed by atoms with Crippen molar-refractivity contribution in [2.75, 3.05) is 33.4 Å². The van der Waals surface area contributed by atoms with Crippen molar-refractivity contribution >= 4 is 0 Å². The van der Waals surface area contributed by atoms with Crippen molar-refractivity contribution in [1.82, 2.24) is 10.2 Å². The zero-order valence-corrected chi connectivity index (χ0v) is 13.1. The Kier molecular flexibility index (Phi) is 6.02. The summed E-state index contributed by atoms with van der Waals surface area (Å²) < 4.78 is 5.65. The quantitative estimate of drug-likeness (QED) is 0.828. The summed E-state index contributed by atoms with van der Waals surface area (Å²) in [5.74, 6) is 0.607. The number of aryl methyl sites for hydroxylation is 1. The largest absolute Gasteiger partial charge is 0.379 e. The van der Waals surface area contributed by atoms with Gasteiger partial charge in [-0.05, 0) is 38.1 Å². The van der Waals surface area contributed by atoms with Gasteiger partial charge in [-0.3, -0.25) is 0 Å². The Morgan fingerprint density at radius 2 is 2.10 bits per heavy atom. The highest BCUT2D eigenvalue weighted by atomic mass is 16.5.